The third-order valence-corrected chi connectivity index (χ3v) is 2.70. The predicted octanol–water partition coefficient (Wildman–Crippen LogP) is 3.40. The second-order valence-electron chi connectivity index (χ2n) is 3.05. The third kappa shape index (κ3) is 3.58. The number of carboxylic acids is 1. The van der Waals surface area contributed by atoms with Crippen LogP contribution in [0.1, 0.15) is 24.0 Å². The maximum Gasteiger partial charge on any atom is 0.303 e. The Morgan fingerprint density at radius 3 is 2.67 bits per heavy atom. The molecule has 0 fully saturated rings. The van der Waals surface area contributed by atoms with E-state index in [0.717, 1.165) is 0 Å². The smallest absolute Gasteiger partial charge is 0.303 e. The summed E-state index contributed by atoms with van der Waals surface area (Å²) in [5.41, 5.74) is 0.508. The van der Waals surface area contributed by atoms with Gasteiger partial charge in [-0.15, -0.1) is 0 Å². The molecule has 0 unspecified atom stereocenters. The minimum absolute atomic E-state index is 0.0642. The standard InChI is InChI=1S/C10H9BrF2O2/c11-8-3-1-7(10(12)13)5-6(8)2-4-9(14)15/h1,3,5,10H,2,4H2,(H,14,15). The highest BCUT2D eigenvalue weighted by Crippen LogP contribution is 2.25. The Morgan fingerprint density at radius 1 is 1.47 bits per heavy atom. The van der Waals surface area contributed by atoms with Gasteiger partial charge in [-0.2, -0.15) is 0 Å². The summed E-state index contributed by atoms with van der Waals surface area (Å²) in [7, 11) is 0. The fourth-order valence-electron chi connectivity index (χ4n) is 1.16. The van der Waals surface area contributed by atoms with Gasteiger partial charge in [0.2, 0.25) is 0 Å². The minimum Gasteiger partial charge on any atom is -0.481 e. The molecule has 1 N–H and O–H groups in total. The molecule has 1 aromatic rings. The molecule has 0 heterocycles. The highest BCUT2D eigenvalue weighted by atomic mass is 79.9. The molecular formula is C10H9BrF2O2. The van der Waals surface area contributed by atoms with Crippen molar-refractivity contribution in [3.8, 4) is 0 Å². The van der Waals surface area contributed by atoms with Gasteiger partial charge in [0, 0.05) is 16.5 Å². The third-order valence-electron chi connectivity index (χ3n) is 1.93. The predicted molar refractivity (Wildman–Crippen MR) is 55.1 cm³/mol. The zero-order valence-electron chi connectivity index (χ0n) is 7.71. The molecular weight excluding hydrogens is 270 g/mol. The van der Waals surface area contributed by atoms with E-state index in [1.54, 1.807) is 0 Å². The molecule has 1 rings (SSSR count). The summed E-state index contributed by atoms with van der Waals surface area (Å²) in [6.07, 6.45) is -2.34. The molecule has 5 heteroatoms. The summed E-state index contributed by atoms with van der Waals surface area (Å²) in [5, 5.41) is 8.48. The van der Waals surface area contributed by atoms with Crippen molar-refractivity contribution < 1.29 is 18.7 Å². The van der Waals surface area contributed by atoms with Crippen molar-refractivity contribution in [2.75, 3.05) is 0 Å². The fourth-order valence-corrected chi connectivity index (χ4v) is 1.61. The molecule has 0 amide bonds. The van der Waals surface area contributed by atoms with Crippen LogP contribution >= 0.6 is 15.9 Å². The van der Waals surface area contributed by atoms with Crippen LogP contribution in [-0.2, 0) is 11.2 Å². The molecule has 0 bridgehead atoms. The molecule has 0 spiro atoms. The van der Waals surface area contributed by atoms with E-state index in [1.165, 1.54) is 18.2 Å². The van der Waals surface area contributed by atoms with Gasteiger partial charge in [0.25, 0.3) is 6.43 Å². The van der Waals surface area contributed by atoms with Gasteiger partial charge in [0.15, 0.2) is 0 Å². The first-order chi connectivity index (χ1) is 7.00. The number of carbonyl (C=O) groups is 1. The lowest BCUT2D eigenvalue weighted by Crippen LogP contribution is -1.99. The molecule has 0 saturated carbocycles. The second-order valence-corrected chi connectivity index (χ2v) is 3.90. The lowest BCUT2D eigenvalue weighted by atomic mass is 10.1. The number of hydrogen-bond acceptors (Lipinski definition) is 1. The van der Waals surface area contributed by atoms with Gasteiger partial charge in [0.05, 0.1) is 0 Å². The van der Waals surface area contributed by atoms with E-state index in [1.807, 2.05) is 0 Å². The summed E-state index contributed by atoms with van der Waals surface area (Å²) in [6.45, 7) is 0. The van der Waals surface area contributed by atoms with Gasteiger partial charge in [0.1, 0.15) is 0 Å². The number of alkyl halides is 2. The van der Waals surface area contributed by atoms with E-state index in [2.05, 4.69) is 15.9 Å². The monoisotopic (exact) mass is 278 g/mol. The van der Waals surface area contributed by atoms with Crippen LogP contribution in [-0.4, -0.2) is 11.1 Å². The van der Waals surface area contributed by atoms with Crippen LogP contribution in [0.15, 0.2) is 22.7 Å². The maximum atomic E-state index is 12.3. The zero-order valence-corrected chi connectivity index (χ0v) is 9.30. The van der Waals surface area contributed by atoms with Gasteiger partial charge < -0.3 is 5.11 Å². The summed E-state index contributed by atoms with van der Waals surface area (Å²) in [4.78, 5) is 10.3. The molecule has 0 saturated heterocycles. The fraction of sp³-hybridized carbons (Fsp3) is 0.300. The van der Waals surface area contributed by atoms with Gasteiger partial charge in [-0.25, -0.2) is 8.78 Å². The summed E-state index contributed by atoms with van der Waals surface area (Å²) in [5.74, 6) is -0.940. The minimum atomic E-state index is -2.53. The van der Waals surface area contributed by atoms with Crippen LogP contribution in [0, 0.1) is 0 Å². The van der Waals surface area contributed by atoms with E-state index in [9.17, 15) is 13.6 Å². The zero-order chi connectivity index (χ0) is 11.4. The topological polar surface area (TPSA) is 37.3 Å². The molecule has 0 aliphatic heterocycles. The first-order valence-corrected chi connectivity index (χ1v) is 5.08. The summed E-state index contributed by atoms with van der Waals surface area (Å²) < 4.78 is 25.4. The SMILES string of the molecule is O=C(O)CCc1cc(C(F)F)ccc1Br. The van der Waals surface area contributed by atoms with Crippen molar-refractivity contribution in [3.05, 3.63) is 33.8 Å². The van der Waals surface area contributed by atoms with Crippen LogP contribution in [0.25, 0.3) is 0 Å². The molecule has 0 aliphatic rings. The molecule has 1 aromatic carbocycles. The summed E-state index contributed by atoms with van der Waals surface area (Å²) >= 11 is 3.19. The Morgan fingerprint density at radius 2 is 2.13 bits per heavy atom. The number of benzene rings is 1. The number of aryl methyl sites for hydroxylation is 1. The van der Waals surface area contributed by atoms with Gasteiger partial charge in [-0.1, -0.05) is 22.0 Å². The van der Waals surface area contributed by atoms with Crippen LogP contribution in [0.4, 0.5) is 8.78 Å². The summed E-state index contributed by atoms with van der Waals surface area (Å²) in [6, 6.07) is 4.16. The average Bonchev–Trinajstić information content (AvgIpc) is 2.16. The van der Waals surface area contributed by atoms with Crippen LogP contribution in [0.5, 0.6) is 0 Å². The Balaban J connectivity index is 2.85. The molecule has 0 atom stereocenters. The first-order valence-electron chi connectivity index (χ1n) is 4.29. The highest BCUT2D eigenvalue weighted by molar-refractivity contribution is 9.10. The average molecular weight is 279 g/mol. The number of aliphatic carboxylic acids is 1. The molecule has 0 radical (unpaired) electrons. The Hall–Kier alpha value is -0.970. The van der Waals surface area contributed by atoms with E-state index in [0.29, 0.717) is 10.0 Å². The molecule has 2 nitrogen and oxygen atoms in total. The van der Waals surface area contributed by atoms with Gasteiger partial charge in [-0.05, 0) is 24.1 Å². The van der Waals surface area contributed by atoms with Crippen LogP contribution < -0.4 is 0 Å². The van der Waals surface area contributed by atoms with E-state index in [-0.39, 0.29) is 18.4 Å². The van der Waals surface area contributed by atoms with Crippen molar-refractivity contribution >= 4 is 21.9 Å². The normalized spacial score (nSPS) is 10.7. The van der Waals surface area contributed by atoms with Crippen LogP contribution in [0.3, 0.4) is 0 Å². The van der Waals surface area contributed by atoms with Gasteiger partial charge >= 0.3 is 5.97 Å². The van der Waals surface area contributed by atoms with Crippen molar-refractivity contribution in [2.45, 2.75) is 19.3 Å². The van der Waals surface area contributed by atoms with Crippen molar-refractivity contribution in [3.63, 3.8) is 0 Å². The first kappa shape index (κ1) is 12.1. The van der Waals surface area contributed by atoms with E-state index < -0.39 is 12.4 Å². The van der Waals surface area contributed by atoms with Crippen molar-refractivity contribution in [1.29, 1.82) is 0 Å². The lowest BCUT2D eigenvalue weighted by Gasteiger charge is -2.06. The van der Waals surface area contributed by atoms with Crippen LogP contribution in [0.2, 0.25) is 0 Å². The highest BCUT2D eigenvalue weighted by Gasteiger charge is 2.10. The Kier molecular flexibility index (Phi) is 4.20. The van der Waals surface area contributed by atoms with Crippen molar-refractivity contribution in [2.24, 2.45) is 0 Å². The number of rotatable bonds is 4. The number of halogens is 3. The number of hydrogen-bond donors (Lipinski definition) is 1. The van der Waals surface area contributed by atoms with E-state index >= 15 is 0 Å². The van der Waals surface area contributed by atoms with Gasteiger partial charge in [-0.3, -0.25) is 4.79 Å². The lowest BCUT2D eigenvalue weighted by molar-refractivity contribution is -0.136. The maximum absolute atomic E-state index is 12.3. The Labute approximate surface area is 94.0 Å². The number of carboxylic acid groups (broad SMARTS) is 1. The molecule has 0 aliphatic carbocycles. The molecule has 15 heavy (non-hydrogen) atoms. The second kappa shape index (κ2) is 5.21. The molecule has 0 aromatic heterocycles. The van der Waals surface area contributed by atoms with E-state index in [4.69, 9.17) is 5.11 Å². The van der Waals surface area contributed by atoms with Crippen molar-refractivity contribution in [1.82, 2.24) is 0 Å². The molecule has 82 valence electrons. The quantitative estimate of drug-likeness (QED) is 0.917. The Bertz CT molecular complexity index is 366. The largest absolute Gasteiger partial charge is 0.481 e.